The predicted octanol–water partition coefficient (Wildman–Crippen LogP) is 1.16. The molecule has 0 aliphatic carbocycles. The molecule has 2 N–H and O–H groups in total. The molecule has 3 aliphatic heterocycles. The molecule has 2 atom stereocenters. The monoisotopic (exact) mass is 658 g/mol. The molecule has 16 heteroatoms. The van der Waals surface area contributed by atoms with Crippen molar-refractivity contribution in [3.05, 3.63) is 26.8 Å². The first kappa shape index (κ1) is 33.2. The number of amides is 4. The van der Waals surface area contributed by atoms with Gasteiger partial charge in [-0.15, -0.1) is 11.3 Å². The van der Waals surface area contributed by atoms with Crippen molar-refractivity contribution in [2.24, 2.45) is 0 Å². The molecule has 1 aromatic rings. The summed E-state index contributed by atoms with van der Waals surface area (Å²) in [5.74, 6) is -1.02. The van der Waals surface area contributed by atoms with Crippen molar-refractivity contribution in [3.63, 3.8) is 0 Å². The van der Waals surface area contributed by atoms with Crippen molar-refractivity contribution in [1.82, 2.24) is 29.6 Å². The highest BCUT2D eigenvalue weighted by Gasteiger charge is 2.36. The number of ether oxygens (including phenoxy) is 1. The highest BCUT2D eigenvalue weighted by molar-refractivity contribution is 7.92. The lowest BCUT2D eigenvalue weighted by Gasteiger charge is -2.38. The highest BCUT2D eigenvalue weighted by Crippen LogP contribution is 2.23. The van der Waals surface area contributed by atoms with E-state index in [9.17, 15) is 27.6 Å². The lowest BCUT2D eigenvalue weighted by atomic mass is 10.1. The second kappa shape index (κ2) is 15.3. The number of piperidine rings is 1. The summed E-state index contributed by atoms with van der Waals surface area (Å²) in [6, 6.07) is 2.15. The van der Waals surface area contributed by atoms with Gasteiger partial charge < -0.3 is 24.8 Å². The van der Waals surface area contributed by atoms with Crippen LogP contribution in [0, 0.1) is 0 Å². The third-order valence-electron chi connectivity index (χ3n) is 7.68. The molecule has 238 valence electrons. The van der Waals surface area contributed by atoms with Crippen LogP contribution in [0.2, 0.25) is 4.34 Å². The normalized spacial score (nSPS) is 21.9. The van der Waals surface area contributed by atoms with Crippen LogP contribution in [0.4, 0.5) is 4.79 Å². The van der Waals surface area contributed by atoms with Gasteiger partial charge in [0, 0.05) is 62.1 Å². The maximum absolute atomic E-state index is 13.3. The molecule has 0 spiro atoms. The minimum atomic E-state index is -3.88. The largest absolute Gasteiger partial charge is 0.465 e. The van der Waals surface area contributed by atoms with Crippen molar-refractivity contribution in [2.75, 3.05) is 65.5 Å². The summed E-state index contributed by atoms with van der Waals surface area (Å²) in [6.07, 6.45) is 4.09. The van der Waals surface area contributed by atoms with Crippen molar-refractivity contribution in [1.29, 1.82) is 0 Å². The number of thiophene rings is 1. The second-order valence-electron chi connectivity index (χ2n) is 10.7. The fraction of sp³-hybridized carbons (Fsp3) is 0.630. The molecule has 1 aromatic heterocycles. The molecule has 4 amide bonds. The first-order chi connectivity index (χ1) is 20.5. The molecule has 4 rings (SSSR count). The topological polar surface area (TPSA) is 149 Å². The number of halogens is 1. The number of piperazine rings is 1. The van der Waals surface area contributed by atoms with E-state index in [4.69, 9.17) is 16.3 Å². The number of carbonyl (C=O) groups is 4. The summed E-state index contributed by atoms with van der Waals surface area (Å²) in [6.45, 7) is 5.68. The quantitative estimate of drug-likeness (QED) is 0.337. The van der Waals surface area contributed by atoms with Crippen LogP contribution in [-0.2, 0) is 29.1 Å². The van der Waals surface area contributed by atoms with Crippen LogP contribution >= 0.6 is 22.9 Å². The first-order valence-corrected chi connectivity index (χ1v) is 17.2. The van der Waals surface area contributed by atoms with E-state index in [-0.39, 0.29) is 37.7 Å². The number of rotatable bonds is 11. The zero-order valence-electron chi connectivity index (χ0n) is 24.2. The Morgan fingerprint density at radius 1 is 1.09 bits per heavy atom. The highest BCUT2D eigenvalue weighted by atomic mass is 35.5. The summed E-state index contributed by atoms with van der Waals surface area (Å²) >= 11 is 7.14. The molecule has 0 unspecified atom stereocenters. The van der Waals surface area contributed by atoms with E-state index >= 15 is 0 Å². The van der Waals surface area contributed by atoms with Crippen molar-refractivity contribution in [2.45, 2.75) is 44.7 Å². The van der Waals surface area contributed by atoms with E-state index in [1.54, 1.807) is 24.0 Å². The van der Waals surface area contributed by atoms with Crippen LogP contribution in [0.1, 0.15) is 37.5 Å². The van der Waals surface area contributed by atoms with Gasteiger partial charge in [-0.2, -0.15) is 4.72 Å². The average Bonchev–Trinajstić information content (AvgIpc) is 3.62. The molecule has 0 radical (unpaired) electrons. The average molecular weight is 659 g/mol. The Labute approximate surface area is 261 Å². The number of carbonyl (C=O) groups excluding carboxylic acids is 4. The van der Waals surface area contributed by atoms with E-state index in [0.717, 1.165) is 18.2 Å². The summed E-state index contributed by atoms with van der Waals surface area (Å²) in [7, 11) is -3.88. The molecule has 4 heterocycles. The summed E-state index contributed by atoms with van der Waals surface area (Å²) in [5.41, 5.74) is 0. The zero-order valence-corrected chi connectivity index (χ0v) is 26.6. The molecule has 3 fully saturated rings. The lowest BCUT2D eigenvalue weighted by molar-refractivity contribution is -0.143. The van der Waals surface area contributed by atoms with Gasteiger partial charge in [0.1, 0.15) is 12.6 Å². The lowest BCUT2D eigenvalue weighted by Crippen LogP contribution is -2.56. The van der Waals surface area contributed by atoms with Gasteiger partial charge in [-0.25, -0.2) is 13.2 Å². The molecule has 0 aromatic carbocycles. The van der Waals surface area contributed by atoms with Gasteiger partial charge in [-0.3, -0.25) is 19.3 Å². The van der Waals surface area contributed by atoms with Crippen molar-refractivity contribution >= 4 is 62.9 Å². The Balaban J connectivity index is 1.24. The van der Waals surface area contributed by atoms with Gasteiger partial charge in [0.25, 0.3) is 0 Å². The Morgan fingerprint density at radius 3 is 2.53 bits per heavy atom. The Morgan fingerprint density at radius 2 is 1.84 bits per heavy atom. The maximum Gasteiger partial charge on any atom is 0.325 e. The number of urea groups is 1. The van der Waals surface area contributed by atoms with Crippen LogP contribution in [0.25, 0.3) is 6.08 Å². The van der Waals surface area contributed by atoms with Gasteiger partial charge >= 0.3 is 12.0 Å². The fourth-order valence-electron chi connectivity index (χ4n) is 5.53. The molecular formula is C27H39ClN6O7S2. The van der Waals surface area contributed by atoms with E-state index in [1.165, 1.54) is 22.3 Å². The molecule has 13 nitrogen and oxygen atoms in total. The van der Waals surface area contributed by atoms with Crippen LogP contribution in [0.5, 0.6) is 0 Å². The third kappa shape index (κ3) is 9.63. The van der Waals surface area contributed by atoms with Gasteiger partial charge in [0.2, 0.25) is 21.8 Å². The SMILES string of the molecule is CCOC(=O)CNC(=O)N1CCN(C[C@@H]2CCCN2C(=O)CN2CCC[C@H](NS(=O)(=O)/C=C/c3ccc(Cl)s3)C2=O)CC1. The van der Waals surface area contributed by atoms with Gasteiger partial charge in [-0.05, 0) is 50.8 Å². The van der Waals surface area contributed by atoms with Crippen LogP contribution in [-0.4, -0.2) is 129 Å². The fourth-order valence-corrected chi connectivity index (χ4v) is 7.60. The number of likely N-dealkylation sites (tertiary alicyclic amines) is 2. The molecule has 0 bridgehead atoms. The second-order valence-corrected chi connectivity index (χ2v) is 14.0. The number of sulfonamides is 1. The summed E-state index contributed by atoms with van der Waals surface area (Å²) < 4.78 is 33.1. The number of hydrogen-bond donors (Lipinski definition) is 2. The van der Waals surface area contributed by atoms with E-state index in [0.29, 0.717) is 67.9 Å². The van der Waals surface area contributed by atoms with Crippen LogP contribution in [0.15, 0.2) is 17.5 Å². The van der Waals surface area contributed by atoms with E-state index in [2.05, 4.69) is 14.9 Å². The number of nitrogens with zero attached hydrogens (tertiary/aromatic N) is 4. The number of esters is 1. The van der Waals surface area contributed by atoms with E-state index in [1.807, 2.05) is 4.90 Å². The number of hydrogen-bond acceptors (Lipinski definition) is 9. The van der Waals surface area contributed by atoms with Crippen LogP contribution in [0.3, 0.4) is 0 Å². The molecule has 0 saturated carbocycles. The Bertz CT molecular complexity index is 1300. The Kier molecular flexibility index (Phi) is 11.8. The first-order valence-electron chi connectivity index (χ1n) is 14.5. The van der Waals surface area contributed by atoms with Crippen LogP contribution < -0.4 is 10.0 Å². The van der Waals surface area contributed by atoms with Crippen molar-refractivity contribution in [3.8, 4) is 0 Å². The minimum Gasteiger partial charge on any atom is -0.465 e. The molecular weight excluding hydrogens is 620 g/mol. The van der Waals surface area contributed by atoms with Gasteiger partial charge in [-0.1, -0.05) is 11.6 Å². The smallest absolute Gasteiger partial charge is 0.325 e. The maximum atomic E-state index is 13.3. The molecule has 3 saturated heterocycles. The minimum absolute atomic E-state index is 0.00164. The molecule has 3 aliphatic rings. The third-order valence-corrected chi connectivity index (χ3v) is 9.99. The van der Waals surface area contributed by atoms with Gasteiger partial charge in [0.05, 0.1) is 17.5 Å². The molecule has 43 heavy (non-hydrogen) atoms. The zero-order chi connectivity index (χ0) is 31.0. The Hall–Kier alpha value is -2.72. The summed E-state index contributed by atoms with van der Waals surface area (Å²) in [5, 5.41) is 3.61. The van der Waals surface area contributed by atoms with Gasteiger partial charge in [0.15, 0.2) is 0 Å². The standard InChI is InChI=1S/C27H39ClN6O7S2/c1-2-41-25(36)17-29-27(38)32-14-12-31(13-15-32)18-20-5-3-11-34(20)24(35)19-33-10-4-6-22(26(33)37)30-43(39,40)16-9-21-7-8-23(28)42-21/h7-9,16,20,22,30H,2-6,10-15,17-19H2,1H3,(H,29,38)/b16-9+/t20-,22-/m0/s1. The van der Waals surface area contributed by atoms with Crippen molar-refractivity contribution < 1.29 is 32.3 Å². The predicted molar refractivity (Wildman–Crippen MR) is 163 cm³/mol. The van der Waals surface area contributed by atoms with E-state index < -0.39 is 27.9 Å². The number of nitrogens with one attached hydrogen (secondary N) is 2. The summed E-state index contributed by atoms with van der Waals surface area (Å²) in [4.78, 5) is 58.2.